The molecule has 0 rings (SSSR count). The third-order valence-electron chi connectivity index (χ3n) is 3.38. The Morgan fingerprint density at radius 3 is 1.72 bits per heavy atom. The van der Waals surface area contributed by atoms with Gasteiger partial charge in [0, 0.05) is 41.7 Å². The van der Waals surface area contributed by atoms with Crippen LogP contribution in [-0.4, -0.2) is 82.8 Å². The maximum absolute atomic E-state index is 11.9. The quantitative estimate of drug-likeness (QED) is 0.128. The molecule has 0 saturated carbocycles. The highest BCUT2D eigenvalue weighted by atomic mass is 16.5. The van der Waals surface area contributed by atoms with Gasteiger partial charge in [0.15, 0.2) is 0 Å². The van der Waals surface area contributed by atoms with Crippen LogP contribution in [0.2, 0.25) is 0 Å². The Balaban J connectivity index is 4.07. The van der Waals surface area contributed by atoms with Gasteiger partial charge in [0.1, 0.15) is 5.78 Å². The van der Waals surface area contributed by atoms with Crippen molar-refractivity contribution in [1.29, 1.82) is 0 Å². The maximum Gasteiger partial charge on any atom is 0.303 e. The summed E-state index contributed by atoms with van der Waals surface area (Å²) < 4.78 is 21.4. The number of carboxylic acid groups (broad SMARTS) is 1. The summed E-state index contributed by atoms with van der Waals surface area (Å²) in [6.07, 6.45) is -0.0784. The van der Waals surface area contributed by atoms with Crippen molar-refractivity contribution in [3.8, 4) is 0 Å². The minimum absolute atomic E-state index is 0.0309. The van der Waals surface area contributed by atoms with E-state index in [1.54, 1.807) is 0 Å². The standard InChI is InChI=1S/C16H28N6O7/c17-21-19-3-5-26-7-9-28-12-14(11-15(23)1-2-16(24)25)13-29-10-8-27-6-4-20-22-18/h14H,1-13H2,(H,24,25). The summed E-state index contributed by atoms with van der Waals surface area (Å²) in [6, 6.07) is 0. The highest BCUT2D eigenvalue weighted by Gasteiger charge is 2.16. The van der Waals surface area contributed by atoms with Crippen LogP contribution in [0.4, 0.5) is 0 Å². The largest absolute Gasteiger partial charge is 0.481 e. The number of hydrogen-bond acceptors (Lipinski definition) is 8. The molecule has 0 saturated heterocycles. The summed E-state index contributed by atoms with van der Waals surface area (Å²) in [6.45, 7) is 2.86. The minimum atomic E-state index is -1.02. The number of carbonyl (C=O) groups is 2. The van der Waals surface area contributed by atoms with Crippen LogP contribution >= 0.6 is 0 Å². The molecule has 0 aromatic carbocycles. The molecule has 0 bridgehead atoms. The number of nitrogens with zero attached hydrogens (tertiary/aromatic N) is 6. The summed E-state index contributed by atoms with van der Waals surface area (Å²) in [5.41, 5.74) is 16.3. The zero-order valence-corrected chi connectivity index (χ0v) is 16.3. The van der Waals surface area contributed by atoms with Gasteiger partial charge in [-0.2, -0.15) is 0 Å². The molecule has 0 aliphatic rings. The number of Topliss-reactive ketones (excluding diaryl/α,β-unsaturated/α-hetero) is 1. The first-order valence-electron chi connectivity index (χ1n) is 9.16. The summed E-state index contributed by atoms with van der Waals surface area (Å²) in [5.74, 6) is -1.40. The summed E-state index contributed by atoms with van der Waals surface area (Å²) in [4.78, 5) is 27.7. The predicted octanol–water partition coefficient (Wildman–Crippen LogP) is 2.11. The molecule has 0 radical (unpaired) electrons. The lowest BCUT2D eigenvalue weighted by atomic mass is 10.0. The number of hydrogen-bond donors (Lipinski definition) is 1. The highest BCUT2D eigenvalue weighted by molar-refractivity contribution is 5.82. The molecule has 0 heterocycles. The van der Waals surface area contributed by atoms with Crippen LogP contribution in [0.15, 0.2) is 10.2 Å². The van der Waals surface area contributed by atoms with E-state index >= 15 is 0 Å². The Bertz CT molecular complexity index is 518. The Morgan fingerprint density at radius 2 is 1.28 bits per heavy atom. The zero-order chi connectivity index (χ0) is 21.6. The first-order valence-corrected chi connectivity index (χ1v) is 9.16. The molecular formula is C16H28N6O7. The zero-order valence-electron chi connectivity index (χ0n) is 16.3. The molecule has 1 N–H and O–H groups in total. The molecule has 13 heteroatoms. The third kappa shape index (κ3) is 20.2. The van der Waals surface area contributed by atoms with Crippen LogP contribution in [0.5, 0.6) is 0 Å². The van der Waals surface area contributed by atoms with E-state index in [1.165, 1.54) is 0 Å². The molecule has 0 aliphatic carbocycles. The van der Waals surface area contributed by atoms with E-state index in [-0.39, 0.29) is 57.3 Å². The average Bonchev–Trinajstić information content (AvgIpc) is 2.70. The number of ether oxygens (including phenoxy) is 4. The van der Waals surface area contributed by atoms with E-state index in [1.807, 2.05) is 0 Å². The molecule has 13 nitrogen and oxygen atoms in total. The number of ketones is 1. The molecule has 0 unspecified atom stereocenters. The van der Waals surface area contributed by atoms with Crippen molar-refractivity contribution >= 4 is 11.8 Å². The molecule has 0 atom stereocenters. The smallest absolute Gasteiger partial charge is 0.303 e. The number of carbonyl (C=O) groups excluding carboxylic acids is 1. The second-order valence-corrected chi connectivity index (χ2v) is 5.79. The van der Waals surface area contributed by atoms with Gasteiger partial charge < -0.3 is 24.1 Å². The summed E-state index contributed by atoms with van der Waals surface area (Å²) in [5, 5.41) is 15.3. The first kappa shape index (κ1) is 26.6. The molecule has 29 heavy (non-hydrogen) atoms. The topological polar surface area (TPSA) is 189 Å². The lowest BCUT2D eigenvalue weighted by molar-refractivity contribution is -0.138. The van der Waals surface area contributed by atoms with Crippen LogP contribution in [0.25, 0.3) is 20.9 Å². The Labute approximate surface area is 168 Å². The van der Waals surface area contributed by atoms with Gasteiger partial charge in [0.2, 0.25) is 0 Å². The fraction of sp³-hybridized carbons (Fsp3) is 0.875. The van der Waals surface area contributed by atoms with Gasteiger partial charge >= 0.3 is 5.97 Å². The van der Waals surface area contributed by atoms with Crippen molar-refractivity contribution in [1.82, 2.24) is 0 Å². The molecule has 0 aromatic rings. The van der Waals surface area contributed by atoms with Gasteiger partial charge in [-0.3, -0.25) is 9.59 Å². The van der Waals surface area contributed by atoms with Gasteiger partial charge in [-0.15, -0.1) is 0 Å². The van der Waals surface area contributed by atoms with Gasteiger partial charge in [-0.05, 0) is 11.1 Å². The fourth-order valence-electron chi connectivity index (χ4n) is 2.08. The molecule has 0 aromatic heterocycles. The third-order valence-corrected chi connectivity index (χ3v) is 3.38. The maximum atomic E-state index is 11.9. The molecule has 0 amide bonds. The Kier molecular flexibility index (Phi) is 18.7. The molecular weight excluding hydrogens is 388 g/mol. The highest BCUT2D eigenvalue weighted by Crippen LogP contribution is 2.09. The molecule has 164 valence electrons. The van der Waals surface area contributed by atoms with E-state index in [9.17, 15) is 9.59 Å². The molecule has 0 aliphatic heterocycles. The van der Waals surface area contributed by atoms with E-state index in [2.05, 4.69) is 20.1 Å². The number of rotatable bonds is 21. The van der Waals surface area contributed by atoms with Gasteiger partial charge in [-0.1, -0.05) is 10.2 Å². The number of azide groups is 2. The molecule has 0 fully saturated rings. The summed E-state index contributed by atoms with van der Waals surface area (Å²) in [7, 11) is 0. The SMILES string of the molecule is [N-]=[N+]=NCCOCCOCC(COCCOCCN=[N+]=[N-])CC(=O)CCC(=O)O. The van der Waals surface area contributed by atoms with E-state index < -0.39 is 5.97 Å². The predicted molar refractivity (Wildman–Crippen MR) is 101 cm³/mol. The lowest BCUT2D eigenvalue weighted by Gasteiger charge is -2.17. The second-order valence-electron chi connectivity index (χ2n) is 5.79. The van der Waals surface area contributed by atoms with Crippen LogP contribution in [0, 0.1) is 5.92 Å². The van der Waals surface area contributed by atoms with Crippen LogP contribution in [0.1, 0.15) is 19.3 Å². The van der Waals surface area contributed by atoms with Crippen molar-refractivity contribution in [3.63, 3.8) is 0 Å². The van der Waals surface area contributed by atoms with Crippen molar-refractivity contribution in [2.75, 3.05) is 65.9 Å². The van der Waals surface area contributed by atoms with E-state index in [4.69, 9.17) is 35.1 Å². The van der Waals surface area contributed by atoms with Gasteiger partial charge in [0.25, 0.3) is 0 Å². The number of carboxylic acids is 1. The van der Waals surface area contributed by atoms with Crippen molar-refractivity contribution in [2.45, 2.75) is 19.3 Å². The van der Waals surface area contributed by atoms with E-state index in [0.29, 0.717) is 39.6 Å². The van der Waals surface area contributed by atoms with Gasteiger partial charge in [0.05, 0.1) is 59.3 Å². The Morgan fingerprint density at radius 1 is 0.793 bits per heavy atom. The van der Waals surface area contributed by atoms with Crippen molar-refractivity contribution in [3.05, 3.63) is 20.9 Å². The van der Waals surface area contributed by atoms with Crippen LogP contribution in [0.3, 0.4) is 0 Å². The second kappa shape index (κ2) is 20.3. The summed E-state index contributed by atoms with van der Waals surface area (Å²) >= 11 is 0. The fourth-order valence-corrected chi connectivity index (χ4v) is 2.08. The van der Waals surface area contributed by atoms with Gasteiger partial charge in [-0.25, -0.2) is 0 Å². The van der Waals surface area contributed by atoms with Crippen molar-refractivity contribution < 1.29 is 33.6 Å². The van der Waals surface area contributed by atoms with Crippen LogP contribution in [-0.2, 0) is 28.5 Å². The van der Waals surface area contributed by atoms with Crippen molar-refractivity contribution in [2.24, 2.45) is 16.1 Å². The minimum Gasteiger partial charge on any atom is -0.481 e. The average molecular weight is 416 g/mol. The first-order chi connectivity index (χ1) is 14.1. The normalized spacial score (nSPS) is 11.3. The number of aliphatic carboxylic acids is 1. The van der Waals surface area contributed by atoms with Crippen LogP contribution < -0.4 is 0 Å². The molecule has 0 spiro atoms. The monoisotopic (exact) mass is 416 g/mol. The lowest BCUT2D eigenvalue weighted by Crippen LogP contribution is -2.22. The Hall–Kier alpha value is -2.40. The van der Waals surface area contributed by atoms with E-state index in [0.717, 1.165) is 0 Å².